The molecule has 7 heteroatoms. The van der Waals surface area contributed by atoms with Crippen LogP contribution in [-0.2, 0) is 30.2 Å². The maximum Gasteiger partial charge on any atom is 0.243 e. The second-order valence-corrected chi connectivity index (χ2v) is 13.8. The van der Waals surface area contributed by atoms with Crippen molar-refractivity contribution in [1.82, 2.24) is 4.31 Å². The maximum atomic E-state index is 13.7. The topological polar surface area (TPSA) is 50.5 Å². The minimum absolute atomic E-state index is 0.204. The van der Waals surface area contributed by atoms with Gasteiger partial charge in [-0.2, -0.15) is 4.31 Å². The molecule has 230 valence electrons. The molecular weight excluding hydrogens is 564 g/mol. The predicted octanol–water partition coefficient (Wildman–Crippen LogP) is 8.94. The summed E-state index contributed by atoms with van der Waals surface area (Å²) in [7, 11) is -1.79. The first kappa shape index (κ1) is 34.1. The molecule has 0 N–H and O–H groups in total. The van der Waals surface area contributed by atoms with Crippen molar-refractivity contribution in [1.29, 1.82) is 0 Å². The molecule has 42 heavy (non-hydrogen) atoms. The van der Waals surface area contributed by atoms with Gasteiger partial charge in [0.25, 0.3) is 0 Å². The van der Waals surface area contributed by atoms with Gasteiger partial charge in [0, 0.05) is 25.2 Å². The summed E-state index contributed by atoms with van der Waals surface area (Å²) in [6.45, 7) is 5.31. The summed E-state index contributed by atoms with van der Waals surface area (Å²) < 4.78 is 36.8. The molecule has 0 aliphatic rings. The van der Waals surface area contributed by atoms with E-state index in [-0.39, 0.29) is 18.0 Å². The minimum Gasteiger partial charge on any atom is -0.492 e. The second-order valence-electron chi connectivity index (χ2n) is 11.5. The first-order valence-electron chi connectivity index (χ1n) is 15.7. The average Bonchev–Trinajstić information content (AvgIpc) is 2.97. The van der Waals surface area contributed by atoms with Crippen LogP contribution in [0.3, 0.4) is 0 Å². The lowest BCUT2D eigenvalue weighted by atomic mass is 10.1. The molecule has 0 fully saturated rings. The van der Waals surface area contributed by atoms with Gasteiger partial charge in [0.1, 0.15) is 12.8 Å². The molecule has 0 spiro atoms. The lowest BCUT2D eigenvalue weighted by Crippen LogP contribution is -2.31. The third-order valence-corrected chi connectivity index (χ3v) is 9.78. The maximum absolute atomic E-state index is 13.7. The zero-order chi connectivity index (χ0) is 30.2. The smallest absolute Gasteiger partial charge is 0.243 e. The third-order valence-electron chi connectivity index (χ3n) is 7.68. The van der Waals surface area contributed by atoms with Crippen LogP contribution in [0.15, 0.2) is 71.9 Å². The van der Waals surface area contributed by atoms with Gasteiger partial charge in [0.05, 0.1) is 16.5 Å². The van der Waals surface area contributed by atoms with Gasteiger partial charge in [-0.05, 0) is 48.7 Å². The fraction of sp³-hybridized carbons (Fsp3) is 0.514. The minimum atomic E-state index is -3.73. The highest BCUT2D eigenvalue weighted by Gasteiger charge is 2.25. The summed E-state index contributed by atoms with van der Waals surface area (Å²) in [6.07, 6.45) is 19.5. The summed E-state index contributed by atoms with van der Waals surface area (Å²) >= 11 is 6.59. The molecule has 0 amide bonds. The molecule has 3 rings (SSSR count). The van der Waals surface area contributed by atoms with E-state index < -0.39 is 10.0 Å². The number of benzene rings is 2. The Morgan fingerprint density at radius 2 is 1.29 bits per heavy atom. The van der Waals surface area contributed by atoms with E-state index in [1.165, 1.54) is 68.5 Å². The zero-order valence-corrected chi connectivity index (χ0v) is 27.4. The van der Waals surface area contributed by atoms with Crippen LogP contribution in [0.5, 0.6) is 5.75 Å². The normalized spacial score (nSPS) is 11.7. The predicted molar refractivity (Wildman–Crippen MR) is 173 cm³/mol. The number of sulfonamides is 1. The van der Waals surface area contributed by atoms with E-state index in [1.807, 2.05) is 73.4 Å². The lowest BCUT2D eigenvalue weighted by molar-refractivity contribution is -0.671. The van der Waals surface area contributed by atoms with Gasteiger partial charge in [0.15, 0.2) is 12.4 Å². The molecule has 0 saturated carbocycles. The summed E-state index contributed by atoms with van der Waals surface area (Å²) in [5.41, 5.74) is 2.74. The molecule has 0 aliphatic carbocycles. The number of rotatable bonds is 20. The Kier molecular flexibility index (Phi) is 14.8. The van der Waals surface area contributed by atoms with Crippen molar-refractivity contribution in [3.63, 3.8) is 0 Å². The van der Waals surface area contributed by atoms with Crippen LogP contribution >= 0.6 is 11.6 Å². The first-order valence-corrected chi connectivity index (χ1v) is 17.5. The van der Waals surface area contributed by atoms with E-state index in [1.54, 1.807) is 12.1 Å². The molecule has 0 unspecified atom stereocenters. The molecule has 5 nitrogen and oxygen atoms in total. The van der Waals surface area contributed by atoms with E-state index in [9.17, 15) is 8.42 Å². The molecule has 1 heterocycles. The molecular formula is C35H50ClN2O3S+. The molecule has 0 atom stereocenters. The Hall–Kier alpha value is -2.41. The average molecular weight is 614 g/mol. The first-order chi connectivity index (χ1) is 20.3. The highest BCUT2D eigenvalue weighted by Crippen LogP contribution is 2.28. The lowest BCUT2D eigenvalue weighted by Gasteiger charge is -2.23. The number of unbranched alkanes of at least 4 members (excludes halogenated alkanes) is 11. The largest absolute Gasteiger partial charge is 0.492 e. The van der Waals surface area contributed by atoms with Crippen molar-refractivity contribution in [3.8, 4) is 5.75 Å². The van der Waals surface area contributed by atoms with Crippen LogP contribution < -0.4 is 9.30 Å². The van der Waals surface area contributed by atoms with E-state index in [0.29, 0.717) is 17.4 Å². The number of pyridine rings is 1. The van der Waals surface area contributed by atoms with Crippen LogP contribution in [0.25, 0.3) is 0 Å². The van der Waals surface area contributed by atoms with Crippen LogP contribution in [0.2, 0.25) is 5.02 Å². The van der Waals surface area contributed by atoms with Crippen LogP contribution in [0.1, 0.15) is 101 Å². The quantitative estimate of drug-likeness (QED) is 0.0944. The number of hydrogen-bond acceptors (Lipinski definition) is 3. The number of hydrogen-bond donors (Lipinski definition) is 0. The summed E-state index contributed by atoms with van der Waals surface area (Å²) in [4.78, 5) is 0.281. The summed E-state index contributed by atoms with van der Waals surface area (Å²) in [5.74, 6) is 0.645. The number of halogens is 1. The Labute approximate surface area is 259 Å². The van der Waals surface area contributed by atoms with Gasteiger partial charge >= 0.3 is 0 Å². The summed E-state index contributed by atoms with van der Waals surface area (Å²) in [6, 6.07) is 16.5. The van der Waals surface area contributed by atoms with Crippen molar-refractivity contribution in [2.75, 3.05) is 6.61 Å². The second kappa shape index (κ2) is 18.3. The number of nitrogens with zero attached hydrogens (tertiary/aromatic N) is 2. The molecule has 1 aromatic heterocycles. The molecule has 0 aliphatic heterocycles. The van der Waals surface area contributed by atoms with Crippen molar-refractivity contribution in [2.45, 2.75) is 109 Å². The monoisotopic (exact) mass is 613 g/mol. The molecule has 2 aromatic carbocycles. The van der Waals surface area contributed by atoms with E-state index >= 15 is 0 Å². The zero-order valence-electron chi connectivity index (χ0n) is 25.9. The van der Waals surface area contributed by atoms with Gasteiger partial charge in [-0.3, -0.25) is 0 Å². The van der Waals surface area contributed by atoms with Gasteiger partial charge in [-0.1, -0.05) is 113 Å². The van der Waals surface area contributed by atoms with E-state index in [4.69, 9.17) is 16.3 Å². The van der Waals surface area contributed by atoms with Crippen molar-refractivity contribution < 1.29 is 17.7 Å². The van der Waals surface area contributed by atoms with Crippen molar-refractivity contribution >= 4 is 21.6 Å². The number of ether oxygens (including phenoxy) is 1. The van der Waals surface area contributed by atoms with Crippen molar-refractivity contribution in [2.24, 2.45) is 7.05 Å². The van der Waals surface area contributed by atoms with Crippen LogP contribution in [-0.4, -0.2) is 19.3 Å². The van der Waals surface area contributed by atoms with Crippen LogP contribution in [0.4, 0.5) is 0 Å². The molecule has 0 saturated heterocycles. The Morgan fingerprint density at radius 3 is 1.86 bits per heavy atom. The summed E-state index contributed by atoms with van der Waals surface area (Å²) in [5, 5.41) is 0.505. The Bertz CT molecular complexity index is 1290. The SMILES string of the molecule is CCCCCCCCCCCCCCOc1ccc(CN(Cc2cc[n+](C)cc2)S(=O)(=O)c2ccc(C)cc2)cc1Cl. The third kappa shape index (κ3) is 11.7. The van der Waals surface area contributed by atoms with Gasteiger partial charge in [0.2, 0.25) is 10.0 Å². The highest BCUT2D eigenvalue weighted by molar-refractivity contribution is 7.89. The number of aryl methyl sites for hydroxylation is 2. The standard InChI is InChI=1S/C35H50ClN2O3S/c1-4-5-6-7-8-9-10-11-12-13-14-15-26-41-35-21-18-32(27-34(35)36)29-38(28-31-22-24-37(3)25-23-31)42(39,40)33-19-16-30(2)17-20-33/h16-25,27H,4-15,26,28-29H2,1-3H3/q+1. The highest BCUT2D eigenvalue weighted by atomic mass is 35.5. The molecule has 0 bridgehead atoms. The fourth-order valence-corrected chi connectivity index (χ4v) is 6.69. The number of aromatic nitrogens is 1. The fourth-order valence-electron chi connectivity index (χ4n) is 5.01. The van der Waals surface area contributed by atoms with Gasteiger partial charge < -0.3 is 4.74 Å². The van der Waals surface area contributed by atoms with Gasteiger partial charge in [-0.15, -0.1) is 0 Å². The Balaban J connectivity index is 1.50. The van der Waals surface area contributed by atoms with E-state index in [2.05, 4.69) is 6.92 Å². The van der Waals surface area contributed by atoms with E-state index in [0.717, 1.165) is 29.5 Å². The van der Waals surface area contributed by atoms with Gasteiger partial charge in [-0.25, -0.2) is 13.0 Å². The van der Waals surface area contributed by atoms with Crippen LogP contribution in [0, 0.1) is 6.92 Å². The molecule has 3 aromatic rings. The Morgan fingerprint density at radius 1 is 0.738 bits per heavy atom. The molecule has 0 radical (unpaired) electrons. The van der Waals surface area contributed by atoms with Crippen molar-refractivity contribution in [3.05, 3.63) is 88.7 Å².